The zero-order valence-corrected chi connectivity index (χ0v) is 12.3. The molecule has 0 atom stereocenters. The molecule has 0 saturated carbocycles. The normalized spacial score (nSPS) is 11.6. The molecule has 2 aromatic rings. The van der Waals surface area contributed by atoms with E-state index in [9.17, 15) is 8.42 Å². The number of nitrogens with two attached hydrogens (primary N) is 1. The van der Waals surface area contributed by atoms with Gasteiger partial charge in [0.15, 0.2) is 0 Å². The van der Waals surface area contributed by atoms with Crippen LogP contribution in [-0.2, 0) is 10.0 Å². The highest BCUT2D eigenvalue weighted by atomic mass is 32.2. The van der Waals surface area contributed by atoms with E-state index < -0.39 is 10.0 Å². The van der Waals surface area contributed by atoms with E-state index in [0.29, 0.717) is 11.6 Å². The minimum atomic E-state index is -3.66. The zero-order valence-electron chi connectivity index (χ0n) is 11.5. The van der Waals surface area contributed by atoms with E-state index in [-0.39, 0.29) is 10.6 Å². The van der Waals surface area contributed by atoms with E-state index in [4.69, 9.17) is 5.73 Å². The maximum Gasteiger partial charge on any atom is 0.263 e. The van der Waals surface area contributed by atoms with Crippen molar-refractivity contribution in [2.24, 2.45) is 0 Å². The minimum absolute atomic E-state index is 0.0925. The molecule has 0 unspecified atom stereocenters. The molecule has 0 aromatic heterocycles. The van der Waals surface area contributed by atoms with E-state index in [1.165, 1.54) is 6.07 Å². The molecule has 0 spiro atoms. The van der Waals surface area contributed by atoms with Gasteiger partial charge < -0.3 is 5.73 Å². The summed E-state index contributed by atoms with van der Waals surface area (Å²) in [6.07, 6.45) is 0. The molecule has 2 rings (SSSR count). The molecule has 2 aromatic carbocycles. The fourth-order valence-electron chi connectivity index (χ4n) is 1.90. The van der Waals surface area contributed by atoms with Gasteiger partial charge in [0, 0.05) is 5.69 Å². The van der Waals surface area contributed by atoms with Crippen LogP contribution in [0.2, 0.25) is 0 Å². The van der Waals surface area contributed by atoms with Crippen molar-refractivity contribution in [1.29, 1.82) is 0 Å². The summed E-state index contributed by atoms with van der Waals surface area (Å²) in [6.45, 7) is 4.12. The van der Waals surface area contributed by atoms with Crippen LogP contribution in [0, 0.1) is 0 Å². The van der Waals surface area contributed by atoms with Crippen molar-refractivity contribution >= 4 is 21.4 Å². The van der Waals surface area contributed by atoms with Crippen molar-refractivity contribution in [3.63, 3.8) is 0 Å². The number of anilines is 2. The molecule has 0 heterocycles. The molecule has 0 aliphatic rings. The van der Waals surface area contributed by atoms with Gasteiger partial charge in [0.2, 0.25) is 0 Å². The number of hydrogen-bond acceptors (Lipinski definition) is 3. The Kier molecular flexibility index (Phi) is 3.99. The van der Waals surface area contributed by atoms with Crippen molar-refractivity contribution < 1.29 is 8.42 Å². The van der Waals surface area contributed by atoms with Crippen LogP contribution in [0.15, 0.2) is 53.4 Å². The predicted octanol–water partition coefficient (Wildman–Crippen LogP) is 3.19. The highest BCUT2D eigenvalue weighted by molar-refractivity contribution is 7.92. The second kappa shape index (κ2) is 5.54. The van der Waals surface area contributed by atoms with Crippen molar-refractivity contribution in [3.8, 4) is 0 Å². The molecular formula is C15H18N2O2S. The average molecular weight is 290 g/mol. The van der Waals surface area contributed by atoms with Crippen LogP contribution in [0.1, 0.15) is 25.3 Å². The van der Waals surface area contributed by atoms with Gasteiger partial charge in [-0.2, -0.15) is 0 Å². The Hall–Kier alpha value is -2.01. The Labute approximate surface area is 119 Å². The first kappa shape index (κ1) is 14.4. The Morgan fingerprint density at radius 3 is 2.40 bits per heavy atom. The molecule has 0 aliphatic heterocycles. The number of nitrogens with one attached hydrogen (secondary N) is 1. The molecule has 3 N–H and O–H groups in total. The lowest BCUT2D eigenvalue weighted by molar-refractivity contribution is 0.601. The summed E-state index contributed by atoms with van der Waals surface area (Å²) in [5, 5.41) is 0. The summed E-state index contributed by atoms with van der Waals surface area (Å²) in [7, 11) is -3.66. The third-order valence-corrected chi connectivity index (χ3v) is 4.47. The van der Waals surface area contributed by atoms with Gasteiger partial charge in [-0.25, -0.2) is 8.42 Å². The number of para-hydroxylation sites is 1. The highest BCUT2D eigenvalue weighted by Crippen LogP contribution is 2.23. The number of sulfonamides is 1. The second-order valence-corrected chi connectivity index (χ2v) is 6.57. The predicted molar refractivity (Wildman–Crippen MR) is 82.2 cm³/mol. The third kappa shape index (κ3) is 3.11. The highest BCUT2D eigenvalue weighted by Gasteiger charge is 2.17. The fourth-order valence-corrected chi connectivity index (χ4v) is 3.08. The van der Waals surface area contributed by atoms with Crippen LogP contribution < -0.4 is 10.5 Å². The molecule has 5 heteroatoms. The zero-order chi connectivity index (χ0) is 14.8. The molecule has 20 heavy (non-hydrogen) atoms. The summed E-state index contributed by atoms with van der Waals surface area (Å²) < 4.78 is 27.2. The van der Waals surface area contributed by atoms with E-state index in [0.717, 1.165) is 5.56 Å². The summed E-state index contributed by atoms with van der Waals surface area (Å²) in [5.74, 6) is 0.334. The number of benzene rings is 2. The van der Waals surface area contributed by atoms with Gasteiger partial charge in [-0.05, 0) is 35.7 Å². The fraction of sp³-hybridized carbons (Fsp3) is 0.200. The first-order chi connectivity index (χ1) is 9.40. The third-order valence-electron chi connectivity index (χ3n) is 3.01. The minimum Gasteiger partial charge on any atom is -0.398 e. The Morgan fingerprint density at radius 1 is 1.05 bits per heavy atom. The van der Waals surface area contributed by atoms with E-state index in [1.807, 2.05) is 18.2 Å². The second-order valence-electron chi connectivity index (χ2n) is 4.92. The molecule has 106 valence electrons. The van der Waals surface area contributed by atoms with E-state index in [2.05, 4.69) is 18.6 Å². The molecule has 0 saturated heterocycles. The number of hydrogen-bond donors (Lipinski definition) is 2. The quantitative estimate of drug-likeness (QED) is 0.849. The lowest BCUT2D eigenvalue weighted by Gasteiger charge is -2.12. The van der Waals surface area contributed by atoms with Gasteiger partial charge in [-0.3, -0.25) is 4.72 Å². The van der Waals surface area contributed by atoms with Gasteiger partial charge in [0.05, 0.1) is 5.69 Å². The Balaban J connectivity index is 2.34. The summed E-state index contributed by atoms with van der Waals surface area (Å²) in [4.78, 5) is 0.0925. The largest absolute Gasteiger partial charge is 0.398 e. The van der Waals surface area contributed by atoms with Crippen LogP contribution in [0.4, 0.5) is 11.4 Å². The first-order valence-corrected chi connectivity index (χ1v) is 7.86. The van der Waals surface area contributed by atoms with Crippen molar-refractivity contribution in [2.75, 3.05) is 10.5 Å². The van der Waals surface area contributed by atoms with E-state index in [1.54, 1.807) is 24.3 Å². The maximum absolute atomic E-state index is 12.3. The molecule has 0 radical (unpaired) electrons. The molecule has 0 fully saturated rings. The molecular weight excluding hydrogens is 272 g/mol. The van der Waals surface area contributed by atoms with Crippen LogP contribution in [0.25, 0.3) is 0 Å². The molecule has 4 nitrogen and oxygen atoms in total. The average Bonchev–Trinajstić information content (AvgIpc) is 2.38. The standard InChI is InChI=1S/C15H18N2O2S/c1-11(2)12-6-5-7-13(10-12)17-20(18,19)15-9-4-3-8-14(15)16/h3-11,17H,16H2,1-2H3. The summed E-state index contributed by atoms with van der Waals surface area (Å²) in [5.41, 5.74) is 7.57. The lowest BCUT2D eigenvalue weighted by atomic mass is 10.0. The molecule has 0 amide bonds. The summed E-state index contributed by atoms with van der Waals surface area (Å²) >= 11 is 0. The molecule has 0 aliphatic carbocycles. The lowest BCUT2D eigenvalue weighted by Crippen LogP contribution is -2.14. The van der Waals surface area contributed by atoms with Crippen molar-refractivity contribution in [2.45, 2.75) is 24.7 Å². The van der Waals surface area contributed by atoms with Crippen LogP contribution in [-0.4, -0.2) is 8.42 Å². The SMILES string of the molecule is CC(C)c1cccc(NS(=O)(=O)c2ccccc2N)c1. The Morgan fingerprint density at radius 2 is 1.75 bits per heavy atom. The van der Waals surface area contributed by atoms with Gasteiger partial charge >= 0.3 is 0 Å². The van der Waals surface area contributed by atoms with Crippen LogP contribution in [0.5, 0.6) is 0 Å². The maximum atomic E-state index is 12.3. The van der Waals surface area contributed by atoms with Crippen LogP contribution in [0.3, 0.4) is 0 Å². The van der Waals surface area contributed by atoms with Gasteiger partial charge in [-0.1, -0.05) is 38.1 Å². The van der Waals surface area contributed by atoms with Crippen molar-refractivity contribution in [1.82, 2.24) is 0 Å². The topological polar surface area (TPSA) is 72.2 Å². The van der Waals surface area contributed by atoms with Crippen LogP contribution >= 0.6 is 0 Å². The van der Waals surface area contributed by atoms with E-state index >= 15 is 0 Å². The number of nitrogen functional groups attached to an aromatic ring is 1. The molecule has 0 bridgehead atoms. The first-order valence-electron chi connectivity index (χ1n) is 6.37. The smallest absolute Gasteiger partial charge is 0.263 e. The number of rotatable bonds is 4. The van der Waals surface area contributed by atoms with Gasteiger partial charge in [-0.15, -0.1) is 0 Å². The van der Waals surface area contributed by atoms with Gasteiger partial charge in [0.1, 0.15) is 4.90 Å². The van der Waals surface area contributed by atoms with Crippen molar-refractivity contribution in [3.05, 3.63) is 54.1 Å². The summed E-state index contributed by atoms with van der Waals surface area (Å²) in [6, 6.07) is 13.8. The van der Waals surface area contributed by atoms with Gasteiger partial charge in [0.25, 0.3) is 10.0 Å². The Bertz CT molecular complexity index is 709. The monoisotopic (exact) mass is 290 g/mol.